The van der Waals surface area contributed by atoms with Crippen molar-refractivity contribution in [1.29, 1.82) is 0 Å². The Hall–Kier alpha value is -17.3. The SMILES string of the molecule is CC1(C)c2ccc(-c3ccc(-c4ccccc4)cn3)c3ccc4ccc5c(-c6ccc(-c7ccccc7)cn6)ccc1c5c4c23.c1ccc(-c2ccc(-c3nc(-c4ccc(-c5ccccc5)cc4)nc(-c4cccc5ccccc45)n3)cc2)cc1.c1cncc(-c2ccc(-c3nc(-c4cc5ccccc5c5ccccc45)nc(-c4cc5ccccc5c5ccccc45)n3)nc2)c1. The van der Waals surface area contributed by atoms with Crippen LogP contribution >= 0.6 is 0 Å². The van der Waals surface area contributed by atoms with Gasteiger partial charge < -0.3 is 0 Å². The molecular formula is C121H80N10. The van der Waals surface area contributed by atoms with Crippen LogP contribution < -0.4 is 0 Å². The first kappa shape index (κ1) is 78.4. The lowest BCUT2D eigenvalue weighted by Gasteiger charge is -2.35. The maximum absolute atomic E-state index is 5.22. The van der Waals surface area contributed by atoms with E-state index in [1.165, 1.54) is 87.6 Å². The van der Waals surface area contributed by atoms with Gasteiger partial charge in [-0.3, -0.25) is 19.9 Å². The molecule has 10 nitrogen and oxygen atoms in total. The molecule has 25 rings (SSSR count). The van der Waals surface area contributed by atoms with E-state index < -0.39 is 0 Å². The summed E-state index contributed by atoms with van der Waals surface area (Å²) in [6.45, 7) is 4.73. The molecule has 0 amide bonds. The summed E-state index contributed by atoms with van der Waals surface area (Å²) < 4.78 is 0. The maximum atomic E-state index is 5.22. The Bertz CT molecular complexity index is 8070. The number of pyridine rings is 4. The fourth-order valence-electron chi connectivity index (χ4n) is 18.9. The Balaban J connectivity index is 0.000000112. The highest BCUT2D eigenvalue weighted by Gasteiger charge is 2.34. The highest BCUT2D eigenvalue weighted by Crippen LogP contribution is 2.52. The van der Waals surface area contributed by atoms with Gasteiger partial charge in [0.1, 0.15) is 5.69 Å². The average Bonchev–Trinajstić information content (AvgIpc) is 0.689. The van der Waals surface area contributed by atoms with Crippen LogP contribution in [0.25, 0.3) is 233 Å². The van der Waals surface area contributed by atoms with Crippen molar-refractivity contribution in [3.63, 3.8) is 0 Å². The Kier molecular flexibility index (Phi) is 20.1. The molecule has 0 spiro atoms. The van der Waals surface area contributed by atoms with Crippen molar-refractivity contribution < 1.29 is 0 Å². The van der Waals surface area contributed by atoms with Crippen LogP contribution in [0.1, 0.15) is 25.0 Å². The van der Waals surface area contributed by atoms with Crippen molar-refractivity contribution in [2.24, 2.45) is 0 Å². The summed E-state index contributed by atoms with van der Waals surface area (Å²) >= 11 is 0. The van der Waals surface area contributed by atoms with Gasteiger partial charge in [-0.05, 0) is 167 Å². The molecule has 18 aromatic carbocycles. The predicted molar refractivity (Wildman–Crippen MR) is 540 cm³/mol. The summed E-state index contributed by atoms with van der Waals surface area (Å²) in [5.41, 5.74) is 23.6. The quantitative estimate of drug-likeness (QED) is 0.103. The van der Waals surface area contributed by atoms with E-state index in [-0.39, 0.29) is 5.41 Å². The largest absolute Gasteiger partial charge is 0.264 e. The minimum atomic E-state index is -0.161. The zero-order chi connectivity index (χ0) is 87.3. The number of nitrogens with zero attached hydrogens (tertiary/aromatic N) is 10. The van der Waals surface area contributed by atoms with Crippen LogP contribution in [0.3, 0.4) is 0 Å². The van der Waals surface area contributed by atoms with Gasteiger partial charge in [-0.15, -0.1) is 0 Å². The van der Waals surface area contributed by atoms with Gasteiger partial charge in [0.15, 0.2) is 34.9 Å². The summed E-state index contributed by atoms with van der Waals surface area (Å²) in [5, 5.41) is 19.2. The third-order valence-corrected chi connectivity index (χ3v) is 25.6. The smallest absolute Gasteiger partial charge is 0.182 e. The predicted octanol–water partition coefficient (Wildman–Crippen LogP) is 30.5. The minimum absolute atomic E-state index is 0.161. The van der Waals surface area contributed by atoms with E-state index in [1.54, 1.807) is 6.20 Å². The monoisotopic (exact) mass is 1670 g/mol. The Labute approximate surface area is 757 Å². The Morgan fingerprint density at radius 2 is 0.511 bits per heavy atom. The molecule has 0 bridgehead atoms. The number of hydrogen-bond donors (Lipinski definition) is 0. The molecular weight excluding hydrogens is 1590 g/mol. The number of rotatable bonds is 13. The molecule has 0 atom stereocenters. The molecule has 6 heterocycles. The van der Waals surface area contributed by atoms with Crippen LogP contribution in [0.15, 0.2) is 450 Å². The summed E-state index contributed by atoms with van der Waals surface area (Å²) in [7, 11) is 0. The first-order valence-corrected chi connectivity index (χ1v) is 44.2. The molecule has 0 saturated carbocycles. The van der Waals surface area contributed by atoms with Gasteiger partial charge in [0.25, 0.3) is 0 Å². The normalized spacial score (nSPS) is 12.0. The van der Waals surface area contributed by atoms with Gasteiger partial charge in [-0.2, -0.15) is 0 Å². The van der Waals surface area contributed by atoms with Gasteiger partial charge >= 0.3 is 0 Å². The summed E-state index contributed by atoms with van der Waals surface area (Å²) in [6, 6.07) is 146. The zero-order valence-corrected chi connectivity index (χ0v) is 71.7. The average molecular weight is 1670 g/mol. The molecule has 10 heteroatoms. The number of hydrogen-bond acceptors (Lipinski definition) is 10. The third kappa shape index (κ3) is 14.8. The molecule has 0 N–H and O–H groups in total. The number of fused-ring (bicyclic) bond motifs is 7. The van der Waals surface area contributed by atoms with Crippen molar-refractivity contribution in [2.75, 3.05) is 0 Å². The molecule has 131 heavy (non-hydrogen) atoms. The van der Waals surface area contributed by atoms with Crippen LogP contribution in [0.2, 0.25) is 0 Å². The van der Waals surface area contributed by atoms with Crippen molar-refractivity contribution in [3.8, 4) is 147 Å². The van der Waals surface area contributed by atoms with Crippen LogP contribution in [0.5, 0.6) is 0 Å². The molecule has 1 aliphatic carbocycles. The number of aromatic nitrogens is 10. The van der Waals surface area contributed by atoms with Gasteiger partial charge in [-0.25, -0.2) is 29.9 Å². The first-order chi connectivity index (χ1) is 64.7. The van der Waals surface area contributed by atoms with E-state index in [2.05, 4.69) is 389 Å². The lowest BCUT2D eigenvalue weighted by atomic mass is 9.68. The summed E-state index contributed by atoms with van der Waals surface area (Å²) in [4.78, 5) is 49.4. The minimum Gasteiger partial charge on any atom is -0.264 e. The van der Waals surface area contributed by atoms with E-state index in [9.17, 15) is 0 Å². The second-order valence-electron chi connectivity index (χ2n) is 33.7. The van der Waals surface area contributed by atoms with Crippen LogP contribution in [0, 0.1) is 0 Å². The van der Waals surface area contributed by atoms with Crippen LogP contribution in [0.4, 0.5) is 0 Å². The van der Waals surface area contributed by atoms with E-state index >= 15 is 0 Å². The molecule has 0 saturated heterocycles. The van der Waals surface area contributed by atoms with Crippen LogP contribution in [-0.4, -0.2) is 49.8 Å². The topological polar surface area (TPSA) is 129 Å². The maximum Gasteiger partial charge on any atom is 0.182 e. The highest BCUT2D eigenvalue weighted by atomic mass is 15.1. The molecule has 6 aromatic heterocycles. The van der Waals surface area contributed by atoms with Gasteiger partial charge in [0, 0.05) is 97.6 Å². The van der Waals surface area contributed by atoms with Crippen molar-refractivity contribution >= 4 is 86.2 Å². The van der Waals surface area contributed by atoms with Crippen molar-refractivity contribution in [1.82, 2.24) is 49.8 Å². The molecule has 0 unspecified atom stereocenters. The molecule has 0 radical (unpaired) electrons. The molecule has 0 fully saturated rings. The Morgan fingerprint density at radius 1 is 0.176 bits per heavy atom. The van der Waals surface area contributed by atoms with Gasteiger partial charge in [0.05, 0.1) is 11.4 Å². The molecule has 1 aliphatic rings. The standard InChI is InChI=1S/C43H30N2.C41H25N5.C37H25N3/c1-43(2)36-21-19-32(38-23-15-30(25-44-38)27-9-5-3-6-10-27)34-17-13-29-14-18-35-33(20-22-37(43)42(35)40(29)41(34)36)39-24-16-31(26-45-39)28-11-7-4-8-12-28;1-3-13-30-26(10-1)22-36(34-17-7-5-15-32(30)34)39-44-40(37-23-27-11-2-4-14-31(27)33-16-6-8-18-35(33)37)46-41(45-39)38-20-19-29(25-43-38)28-12-9-21-42-24-28;1-3-10-26(11-4-1)28-18-22-31(23-19-28)35-38-36(32-24-20-29(21-25-32)27-12-5-2-6-13-27)40-37(39-35)34-17-9-15-30-14-7-8-16-33(30)34/h3-26H,1-2H3;1-25H;1-25H. The van der Waals surface area contributed by atoms with E-state index in [0.717, 1.165) is 116 Å². The lowest BCUT2D eigenvalue weighted by Crippen LogP contribution is -2.22. The van der Waals surface area contributed by atoms with Crippen LogP contribution in [-0.2, 0) is 5.41 Å². The highest BCUT2D eigenvalue weighted by molar-refractivity contribution is 6.28. The molecule has 614 valence electrons. The third-order valence-electron chi connectivity index (χ3n) is 25.6. The van der Waals surface area contributed by atoms with E-state index in [4.69, 9.17) is 44.9 Å². The lowest BCUT2D eigenvalue weighted by molar-refractivity contribution is 0.652. The van der Waals surface area contributed by atoms with E-state index in [1.807, 2.05) is 73.3 Å². The van der Waals surface area contributed by atoms with Gasteiger partial charge in [0.2, 0.25) is 0 Å². The zero-order valence-electron chi connectivity index (χ0n) is 71.7. The fraction of sp³-hybridized carbons (Fsp3) is 0.0248. The van der Waals surface area contributed by atoms with E-state index in [0.29, 0.717) is 40.6 Å². The first-order valence-electron chi connectivity index (χ1n) is 44.2. The summed E-state index contributed by atoms with van der Waals surface area (Å²) in [5.74, 6) is 3.71. The Morgan fingerprint density at radius 3 is 0.962 bits per heavy atom. The molecule has 24 aromatic rings. The second kappa shape index (κ2) is 33.5. The number of benzene rings is 18. The summed E-state index contributed by atoms with van der Waals surface area (Å²) in [6.07, 6.45) is 9.46. The fourth-order valence-corrected chi connectivity index (χ4v) is 18.9. The molecule has 0 aliphatic heterocycles. The van der Waals surface area contributed by atoms with Gasteiger partial charge in [-0.1, -0.05) is 396 Å². The van der Waals surface area contributed by atoms with Crippen molar-refractivity contribution in [2.45, 2.75) is 19.3 Å². The second-order valence-corrected chi connectivity index (χ2v) is 33.7. The van der Waals surface area contributed by atoms with Crippen molar-refractivity contribution in [3.05, 3.63) is 461 Å².